The average molecular weight is 212 g/mol. The van der Waals surface area contributed by atoms with Gasteiger partial charge in [0.15, 0.2) is 0 Å². The molecular formula is C9H16N4O2. The number of rotatable bonds is 7. The fourth-order valence-corrected chi connectivity index (χ4v) is 0.576. The van der Waals surface area contributed by atoms with E-state index in [1.807, 2.05) is 13.8 Å². The van der Waals surface area contributed by atoms with Crippen LogP contribution in [-0.4, -0.2) is 24.8 Å². The fraction of sp³-hybridized carbons (Fsp3) is 0.667. The van der Waals surface area contributed by atoms with Gasteiger partial charge in [0.05, 0.1) is 0 Å². The Morgan fingerprint density at radius 2 is 1.73 bits per heavy atom. The highest BCUT2D eigenvalue weighted by Gasteiger charge is 2.05. The zero-order chi connectivity index (χ0) is 11.5. The first-order chi connectivity index (χ1) is 7.26. The zero-order valence-corrected chi connectivity index (χ0v) is 9.06. The highest BCUT2D eigenvalue weighted by Crippen LogP contribution is 1.87. The maximum Gasteiger partial charge on any atom is 0.224 e. The van der Waals surface area contributed by atoms with Crippen molar-refractivity contribution in [3.63, 3.8) is 0 Å². The Hall–Kier alpha value is -1.77. The Morgan fingerprint density at radius 3 is 2.20 bits per heavy atom. The van der Waals surface area contributed by atoms with Gasteiger partial charge in [-0.25, -0.2) is 0 Å². The van der Waals surface area contributed by atoms with Gasteiger partial charge in [0.25, 0.3) is 0 Å². The van der Waals surface area contributed by atoms with Crippen molar-refractivity contribution in [3.8, 4) is 6.07 Å². The Balaban J connectivity index is 4.21. The first-order valence-electron chi connectivity index (χ1n) is 4.82. The second-order valence-electron chi connectivity index (χ2n) is 2.69. The lowest BCUT2D eigenvalue weighted by atomic mass is 10.4. The maximum absolute atomic E-state index is 8.68. The Labute approximate surface area is 89.3 Å². The first kappa shape index (κ1) is 13.2. The summed E-state index contributed by atoms with van der Waals surface area (Å²) in [5.41, 5.74) is 5.37. The predicted molar refractivity (Wildman–Crippen MR) is 57.2 cm³/mol. The normalized spacial score (nSPS) is 12.1. The molecule has 2 N–H and O–H groups in total. The van der Waals surface area contributed by atoms with E-state index in [-0.39, 0.29) is 11.5 Å². The van der Waals surface area contributed by atoms with Crippen molar-refractivity contribution in [1.82, 2.24) is 0 Å². The number of oxime groups is 2. The van der Waals surface area contributed by atoms with Crippen LogP contribution in [0.2, 0.25) is 0 Å². The van der Waals surface area contributed by atoms with Crippen LogP contribution >= 0.6 is 0 Å². The summed E-state index contributed by atoms with van der Waals surface area (Å²) in [5, 5.41) is 15.7. The lowest BCUT2D eigenvalue weighted by Gasteiger charge is -1.99. The second kappa shape index (κ2) is 8.81. The van der Waals surface area contributed by atoms with Crippen LogP contribution in [0.25, 0.3) is 0 Å². The summed E-state index contributed by atoms with van der Waals surface area (Å²) in [7, 11) is 0. The lowest BCUT2D eigenvalue weighted by Crippen LogP contribution is -2.23. The van der Waals surface area contributed by atoms with Crippen LogP contribution in [0.5, 0.6) is 0 Å². The molecule has 0 rings (SSSR count). The van der Waals surface area contributed by atoms with Gasteiger partial charge in [-0.1, -0.05) is 24.2 Å². The number of nitriles is 1. The molecule has 0 aliphatic rings. The number of nitrogens with zero attached hydrogens (tertiary/aromatic N) is 3. The van der Waals surface area contributed by atoms with Gasteiger partial charge in [-0.2, -0.15) is 5.26 Å². The molecule has 0 radical (unpaired) electrons. The molecule has 0 aromatic carbocycles. The molecule has 0 aliphatic heterocycles. The van der Waals surface area contributed by atoms with E-state index in [1.54, 1.807) is 6.07 Å². The Kier molecular flexibility index (Phi) is 7.77. The number of hydrogen-bond acceptors (Lipinski definition) is 5. The van der Waals surface area contributed by atoms with Crippen LogP contribution in [-0.2, 0) is 9.68 Å². The van der Waals surface area contributed by atoms with Crippen molar-refractivity contribution < 1.29 is 9.68 Å². The minimum atomic E-state index is -0.0699. The molecule has 0 bridgehead atoms. The van der Waals surface area contributed by atoms with E-state index in [2.05, 4.69) is 10.3 Å². The molecule has 0 saturated heterocycles. The largest absolute Gasteiger partial charge is 0.395 e. The van der Waals surface area contributed by atoms with Crippen molar-refractivity contribution >= 4 is 11.5 Å². The fourth-order valence-electron chi connectivity index (χ4n) is 0.576. The maximum atomic E-state index is 8.68. The molecule has 0 atom stereocenters. The first-order valence-corrected chi connectivity index (χ1v) is 4.82. The van der Waals surface area contributed by atoms with E-state index < -0.39 is 0 Å². The molecule has 0 aromatic rings. The minimum Gasteiger partial charge on any atom is -0.395 e. The predicted octanol–water partition coefficient (Wildman–Crippen LogP) is 0.991. The number of amidine groups is 1. The monoisotopic (exact) mass is 212 g/mol. The molecule has 0 amide bonds. The number of hydrogen-bond donors (Lipinski definition) is 1. The SMILES string of the molecule is CCCO/N=C(N)/C(C#N)=N/OCCC. The van der Waals surface area contributed by atoms with Gasteiger partial charge in [0.2, 0.25) is 11.5 Å². The minimum absolute atomic E-state index is 0.0675. The molecular weight excluding hydrogens is 196 g/mol. The molecule has 0 spiro atoms. The molecule has 0 fully saturated rings. The third-order valence-corrected chi connectivity index (χ3v) is 1.26. The Morgan fingerprint density at radius 1 is 1.20 bits per heavy atom. The van der Waals surface area contributed by atoms with Crippen molar-refractivity contribution in [3.05, 3.63) is 0 Å². The molecule has 0 aromatic heterocycles. The average Bonchev–Trinajstić information content (AvgIpc) is 2.24. The van der Waals surface area contributed by atoms with Gasteiger partial charge in [-0.05, 0) is 12.8 Å². The van der Waals surface area contributed by atoms with Crippen molar-refractivity contribution in [2.45, 2.75) is 26.7 Å². The summed E-state index contributed by atoms with van der Waals surface area (Å²) in [5.74, 6) is -0.0675. The standard InChI is InChI=1S/C9H16N4O2/c1-3-5-14-12-8(7-10)9(11)13-15-6-4-2/h3-6H2,1-2H3,(H2,11,13)/b12-8+. The summed E-state index contributed by atoms with van der Waals surface area (Å²) < 4.78 is 0. The topological polar surface area (TPSA) is 93.0 Å². The van der Waals surface area contributed by atoms with Crippen LogP contribution < -0.4 is 5.73 Å². The van der Waals surface area contributed by atoms with Crippen LogP contribution in [0.3, 0.4) is 0 Å². The van der Waals surface area contributed by atoms with Crippen LogP contribution in [0.4, 0.5) is 0 Å². The summed E-state index contributed by atoms with van der Waals surface area (Å²) in [6.45, 7) is 4.77. The summed E-state index contributed by atoms with van der Waals surface area (Å²) >= 11 is 0. The molecule has 0 heterocycles. The molecule has 0 unspecified atom stereocenters. The van der Waals surface area contributed by atoms with Gasteiger partial charge < -0.3 is 15.4 Å². The van der Waals surface area contributed by atoms with Crippen LogP contribution in [0.1, 0.15) is 26.7 Å². The van der Waals surface area contributed by atoms with E-state index >= 15 is 0 Å². The van der Waals surface area contributed by atoms with Crippen molar-refractivity contribution in [2.75, 3.05) is 13.2 Å². The highest BCUT2D eigenvalue weighted by atomic mass is 16.6. The highest BCUT2D eigenvalue weighted by molar-refractivity contribution is 6.46. The molecule has 6 nitrogen and oxygen atoms in total. The molecule has 15 heavy (non-hydrogen) atoms. The third kappa shape index (κ3) is 6.32. The van der Waals surface area contributed by atoms with Gasteiger partial charge in [-0.15, -0.1) is 0 Å². The van der Waals surface area contributed by atoms with E-state index in [0.29, 0.717) is 13.2 Å². The molecule has 0 aliphatic carbocycles. The quantitative estimate of drug-likeness (QED) is 0.295. The van der Waals surface area contributed by atoms with Gasteiger partial charge in [0, 0.05) is 0 Å². The smallest absolute Gasteiger partial charge is 0.224 e. The summed E-state index contributed by atoms with van der Waals surface area (Å²) in [4.78, 5) is 9.62. The van der Waals surface area contributed by atoms with E-state index in [4.69, 9.17) is 20.7 Å². The van der Waals surface area contributed by atoms with Gasteiger partial charge in [0.1, 0.15) is 19.3 Å². The second-order valence-corrected chi connectivity index (χ2v) is 2.69. The molecule has 6 heteroatoms. The summed E-state index contributed by atoms with van der Waals surface area (Å²) in [6, 6.07) is 1.78. The van der Waals surface area contributed by atoms with E-state index in [0.717, 1.165) is 12.8 Å². The van der Waals surface area contributed by atoms with Gasteiger partial charge in [-0.3, -0.25) is 0 Å². The zero-order valence-electron chi connectivity index (χ0n) is 9.06. The van der Waals surface area contributed by atoms with Crippen molar-refractivity contribution in [1.29, 1.82) is 5.26 Å². The number of nitrogens with two attached hydrogens (primary N) is 1. The molecule has 84 valence electrons. The summed E-state index contributed by atoms with van der Waals surface area (Å²) in [6.07, 6.45) is 1.63. The van der Waals surface area contributed by atoms with Crippen molar-refractivity contribution in [2.24, 2.45) is 16.0 Å². The van der Waals surface area contributed by atoms with Crippen LogP contribution in [0, 0.1) is 11.3 Å². The molecule has 0 saturated carbocycles. The third-order valence-electron chi connectivity index (χ3n) is 1.26. The van der Waals surface area contributed by atoms with E-state index in [9.17, 15) is 0 Å². The van der Waals surface area contributed by atoms with Crippen LogP contribution in [0.15, 0.2) is 10.3 Å². The van der Waals surface area contributed by atoms with E-state index in [1.165, 1.54) is 0 Å². The Bertz CT molecular complexity index is 268. The van der Waals surface area contributed by atoms with Gasteiger partial charge >= 0.3 is 0 Å². The lowest BCUT2D eigenvalue weighted by molar-refractivity contribution is 0.142.